The first-order chi connectivity index (χ1) is 15.1. The topological polar surface area (TPSA) is 80.5 Å². The average molecular weight is 421 g/mol. The van der Waals surface area contributed by atoms with Crippen LogP contribution in [0.25, 0.3) is 11.5 Å². The summed E-state index contributed by atoms with van der Waals surface area (Å²) in [6, 6.07) is 15.5. The first-order valence-electron chi connectivity index (χ1n) is 10.7. The van der Waals surface area contributed by atoms with Crippen LogP contribution in [0.15, 0.2) is 53.1 Å². The van der Waals surface area contributed by atoms with E-state index >= 15 is 0 Å². The molecule has 162 valence electrons. The third-order valence-corrected chi connectivity index (χ3v) is 5.71. The second kappa shape index (κ2) is 9.75. The molecule has 1 fully saturated rings. The summed E-state index contributed by atoms with van der Waals surface area (Å²) in [4.78, 5) is 19.5. The molecule has 2 aromatic carbocycles. The number of aromatic nitrogens is 2. The Bertz CT molecular complexity index is 992. The van der Waals surface area contributed by atoms with Gasteiger partial charge in [0.2, 0.25) is 0 Å². The van der Waals surface area contributed by atoms with Crippen LogP contribution in [-0.4, -0.2) is 47.7 Å². The lowest BCUT2D eigenvalue weighted by Crippen LogP contribution is -2.40. The molecule has 2 heterocycles. The van der Waals surface area contributed by atoms with Gasteiger partial charge in [-0.1, -0.05) is 23.7 Å². The molecule has 1 saturated heterocycles. The number of hydrogen-bond donors (Lipinski definition) is 1. The fourth-order valence-electron chi connectivity index (χ4n) is 3.98. The van der Waals surface area contributed by atoms with Crippen molar-refractivity contribution in [1.82, 2.24) is 20.4 Å². The van der Waals surface area contributed by atoms with E-state index in [9.17, 15) is 4.79 Å². The summed E-state index contributed by atoms with van der Waals surface area (Å²) in [7, 11) is 1.67. The van der Waals surface area contributed by atoms with Crippen molar-refractivity contribution in [3.05, 3.63) is 65.5 Å². The van der Waals surface area contributed by atoms with Crippen LogP contribution in [-0.2, 0) is 0 Å². The minimum atomic E-state index is -0.0937. The molecule has 0 unspecified atom stereocenters. The SMILES string of the molecule is COc1ccc([C@H](CNC(=O)c2ccc(-c3nc(C)no3)cc2)N2CCCCC2)cc1. The maximum atomic E-state index is 12.8. The third-order valence-electron chi connectivity index (χ3n) is 5.71. The van der Waals surface area contributed by atoms with Gasteiger partial charge in [-0.05, 0) is 74.8 Å². The van der Waals surface area contributed by atoms with Crippen LogP contribution in [0.5, 0.6) is 5.75 Å². The van der Waals surface area contributed by atoms with Gasteiger partial charge in [0.1, 0.15) is 5.75 Å². The highest BCUT2D eigenvalue weighted by atomic mass is 16.5. The molecule has 1 amide bonds. The van der Waals surface area contributed by atoms with Crippen LogP contribution >= 0.6 is 0 Å². The van der Waals surface area contributed by atoms with Crippen molar-refractivity contribution in [2.24, 2.45) is 0 Å². The molecule has 1 aromatic heterocycles. The second-order valence-electron chi connectivity index (χ2n) is 7.82. The summed E-state index contributed by atoms with van der Waals surface area (Å²) in [6.45, 7) is 4.42. The highest BCUT2D eigenvalue weighted by Gasteiger charge is 2.23. The number of likely N-dealkylation sites (tertiary alicyclic amines) is 1. The van der Waals surface area contributed by atoms with Gasteiger partial charge in [-0.3, -0.25) is 9.69 Å². The number of hydrogen-bond acceptors (Lipinski definition) is 6. The van der Waals surface area contributed by atoms with Crippen molar-refractivity contribution in [3.8, 4) is 17.2 Å². The van der Waals surface area contributed by atoms with Gasteiger partial charge in [-0.25, -0.2) is 0 Å². The molecule has 0 radical (unpaired) electrons. The molecule has 1 aliphatic rings. The van der Waals surface area contributed by atoms with E-state index in [4.69, 9.17) is 9.26 Å². The first kappa shape index (κ1) is 21.1. The summed E-state index contributed by atoms with van der Waals surface area (Å²) >= 11 is 0. The van der Waals surface area contributed by atoms with E-state index in [2.05, 4.69) is 32.5 Å². The number of rotatable bonds is 7. The fraction of sp³-hybridized carbons (Fsp3) is 0.375. The maximum Gasteiger partial charge on any atom is 0.257 e. The number of ether oxygens (including phenoxy) is 1. The van der Waals surface area contributed by atoms with Gasteiger partial charge in [0, 0.05) is 17.7 Å². The van der Waals surface area contributed by atoms with Gasteiger partial charge in [-0.2, -0.15) is 4.98 Å². The van der Waals surface area contributed by atoms with Crippen LogP contribution in [0.4, 0.5) is 0 Å². The molecule has 4 rings (SSSR count). The molecule has 0 saturated carbocycles. The van der Waals surface area contributed by atoms with Gasteiger partial charge in [-0.15, -0.1) is 0 Å². The molecule has 0 bridgehead atoms. The number of carbonyl (C=O) groups excluding carboxylic acids is 1. The van der Waals surface area contributed by atoms with Crippen LogP contribution in [0.2, 0.25) is 0 Å². The molecule has 7 heteroatoms. The molecular formula is C24H28N4O3. The quantitative estimate of drug-likeness (QED) is 0.622. The summed E-state index contributed by atoms with van der Waals surface area (Å²) < 4.78 is 10.5. The zero-order chi connectivity index (χ0) is 21.6. The summed E-state index contributed by atoms with van der Waals surface area (Å²) in [5.74, 6) is 1.78. The molecule has 31 heavy (non-hydrogen) atoms. The Morgan fingerprint density at radius 1 is 1.10 bits per heavy atom. The molecule has 1 atom stereocenters. The molecule has 3 aromatic rings. The van der Waals surface area contributed by atoms with E-state index in [1.807, 2.05) is 24.3 Å². The first-order valence-corrected chi connectivity index (χ1v) is 10.7. The Kier molecular flexibility index (Phi) is 6.62. The van der Waals surface area contributed by atoms with Gasteiger partial charge in [0.15, 0.2) is 5.82 Å². The standard InChI is InChI=1S/C24H28N4O3/c1-17-26-24(31-27-17)20-8-6-19(7-9-20)23(29)25-16-22(28-14-4-3-5-15-28)18-10-12-21(30-2)13-11-18/h6-13,22H,3-5,14-16H2,1-2H3,(H,25,29)/t22-/m0/s1. The second-order valence-corrected chi connectivity index (χ2v) is 7.82. The monoisotopic (exact) mass is 420 g/mol. The van der Waals surface area contributed by atoms with Crippen molar-refractivity contribution in [3.63, 3.8) is 0 Å². The Morgan fingerprint density at radius 2 is 1.81 bits per heavy atom. The lowest BCUT2D eigenvalue weighted by molar-refractivity contribution is 0.0924. The van der Waals surface area contributed by atoms with Crippen molar-refractivity contribution < 1.29 is 14.1 Å². The number of nitrogens with zero attached hydrogens (tertiary/aromatic N) is 3. The Balaban J connectivity index is 1.44. The number of piperidine rings is 1. The van der Waals surface area contributed by atoms with Crippen molar-refractivity contribution in [2.45, 2.75) is 32.2 Å². The summed E-state index contributed by atoms with van der Waals surface area (Å²) in [5, 5.41) is 6.93. The molecule has 0 spiro atoms. The van der Waals surface area contributed by atoms with Crippen LogP contribution in [0.3, 0.4) is 0 Å². The van der Waals surface area contributed by atoms with Crippen molar-refractivity contribution in [2.75, 3.05) is 26.7 Å². The van der Waals surface area contributed by atoms with Crippen LogP contribution in [0, 0.1) is 6.92 Å². The smallest absolute Gasteiger partial charge is 0.257 e. The van der Waals surface area contributed by atoms with E-state index in [1.165, 1.54) is 24.8 Å². The van der Waals surface area contributed by atoms with Crippen LogP contribution < -0.4 is 10.1 Å². The maximum absolute atomic E-state index is 12.8. The van der Waals surface area contributed by atoms with E-state index in [0.29, 0.717) is 23.8 Å². The van der Waals surface area contributed by atoms with Crippen molar-refractivity contribution in [1.29, 1.82) is 0 Å². The molecule has 1 aliphatic heterocycles. The number of nitrogens with one attached hydrogen (secondary N) is 1. The largest absolute Gasteiger partial charge is 0.497 e. The van der Waals surface area contributed by atoms with Gasteiger partial charge in [0.25, 0.3) is 11.8 Å². The predicted octanol–water partition coefficient (Wildman–Crippen LogP) is 4.01. The number of carbonyl (C=O) groups is 1. The van der Waals surface area contributed by atoms with Gasteiger partial charge >= 0.3 is 0 Å². The molecule has 7 nitrogen and oxygen atoms in total. The third kappa shape index (κ3) is 5.11. The molecule has 0 aliphatic carbocycles. The minimum Gasteiger partial charge on any atom is -0.497 e. The van der Waals surface area contributed by atoms with Crippen molar-refractivity contribution >= 4 is 5.91 Å². The normalized spacial score (nSPS) is 15.4. The summed E-state index contributed by atoms with van der Waals surface area (Å²) in [5.41, 5.74) is 2.58. The Labute approximate surface area is 182 Å². The minimum absolute atomic E-state index is 0.0937. The van der Waals surface area contributed by atoms with Crippen LogP contribution in [0.1, 0.15) is 47.1 Å². The number of aryl methyl sites for hydroxylation is 1. The van der Waals surface area contributed by atoms with E-state index < -0.39 is 0 Å². The lowest BCUT2D eigenvalue weighted by Gasteiger charge is -2.35. The highest BCUT2D eigenvalue weighted by Crippen LogP contribution is 2.26. The fourth-order valence-corrected chi connectivity index (χ4v) is 3.98. The Hall–Kier alpha value is -3.19. The highest BCUT2D eigenvalue weighted by molar-refractivity contribution is 5.94. The summed E-state index contributed by atoms with van der Waals surface area (Å²) in [6.07, 6.45) is 3.65. The number of methoxy groups -OCH3 is 1. The van der Waals surface area contributed by atoms with E-state index in [0.717, 1.165) is 24.4 Å². The lowest BCUT2D eigenvalue weighted by atomic mass is 10.0. The van der Waals surface area contributed by atoms with E-state index in [1.54, 1.807) is 26.2 Å². The number of amides is 1. The number of benzene rings is 2. The zero-order valence-electron chi connectivity index (χ0n) is 18.0. The average Bonchev–Trinajstić information content (AvgIpc) is 3.26. The zero-order valence-corrected chi connectivity index (χ0v) is 18.0. The Morgan fingerprint density at radius 3 is 2.42 bits per heavy atom. The van der Waals surface area contributed by atoms with Gasteiger partial charge < -0.3 is 14.6 Å². The predicted molar refractivity (Wildman–Crippen MR) is 118 cm³/mol. The van der Waals surface area contributed by atoms with E-state index in [-0.39, 0.29) is 11.9 Å². The molecule has 1 N–H and O–H groups in total. The molecular weight excluding hydrogens is 392 g/mol. The van der Waals surface area contributed by atoms with Gasteiger partial charge in [0.05, 0.1) is 13.2 Å².